The molecule has 1 heterocycles. The molecule has 1 unspecified atom stereocenters. The molecule has 2 aromatic rings. The molecule has 0 fully saturated rings. The van der Waals surface area contributed by atoms with Crippen molar-refractivity contribution in [1.29, 1.82) is 0 Å². The van der Waals surface area contributed by atoms with Crippen LogP contribution in [0.2, 0.25) is 0 Å². The monoisotopic (exact) mass is 259 g/mol. The van der Waals surface area contributed by atoms with Crippen LogP contribution in [0, 0.1) is 0 Å². The highest BCUT2D eigenvalue weighted by molar-refractivity contribution is 5.81. The zero-order valence-electron chi connectivity index (χ0n) is 12.1. The predicted octanol–water partition coefficient (Wildman–Crippen LogP) is 4.54. The fourth-order valence-corrected chi connectivity index (χ4v) is 2.65. The largest absolute Gasteiger partial charge is 0.399 e. The third-order valence-corrected chi connectivity index (χ3v) is 3.83. The second-order valence-electron chi connectivity index (χ2n) is 5.32. The molecule has 3 heteroatoms. The smallest absolute Gasteiger partial charge is 0.0706 e. The maximum atomic E-state index is 5.89. The molecular weight excluding hydrogens is 234 g/mol. The third kappa shape index (κ3) is 3.28. The van der Waals surface area contributed by atoms with Gasteiger partial charge in [0, 0.05) is 11.1 Å². The van der Waals surface area contributed by atoms with Gasteiger partial charge in [-0.05, 0) is 31.0 Å². The Morgan fingerprint density at radius 2 is 2.05 bits per heavy atom. The SMILES string of the molecule is CCCCCCC(CC)n1ncc2ccc(N)cc21. The van der Waals surface area contributed by atoms with E-state index in [0.29, 0.717) is 6.04 Å². The minimum atomic E-state index is 0.496. The lowest BCUT2D eigenvalue weighted by molar-refractivity contribution is 0.405. The zero-order valence-corrected chi connectivity index (χ0v) is 12.1. The molecule has 0 saturated heterocycles. The Balaban J connectivity index is 2.13. The summed E-state index contributed by atoms with van der Waals surface area (Å²) in [7, 11) is 0. The van der Waals surface area contributed by atoms with Crippen molar-refractivity contribution in [2.24, 2.45) is 0 Å². The Bertz CT molecular complexity index is 516. The number of unbranched alkanes of at least 4 members (excludes halogenated alkanes) is 3. The van der Waals surface area contributed by atoms with Crippen LogP contribution in [0.15, 0.2) is 24.4 Å². The van der Waals surface area contributed by atoms with E-state index in [1.807, 2.05) is 18.3 Å². The summed E-state index contributed by atoms with van der Waals surface area (Å²) >= 11 is 0. The number of fused-ring (bicyclic) bond motifs is 1. The molecule has 0 saturated carbocycles. The van der Waals surface area contributed by atoms with Gasteiger partial charge in [-0.3, -0.25) is 4.68 Å². The molecule has 3 nitrogen and oxygen atoms in total. The van der Waals surface area contributed by atoms with E-state index < -0.39 is 0 Å². The van der Waals surface area contributed by atoms with Gasteiger partial charge in [-0.2, -0.15) is 5.10 Å². The molecule has 19 heavy (non-hydrogen) atoms. The highest BCUT2D eigenvalue weighted by Gasteiger charge is 2.12. The molecule has 0 bridgehead atoms. The number of nitrogens with zero attached hydrogens (tertiary/aromatic N) is 2. The van der Waals surface area contributed by atoms with Crippen LogP contribution in [0.25, 0.3) is 10.9 Å². The number of hydrogen-bond donors (Lipinski definition) is 1. The summed E-state index contributed by atoms with van der Waals surface area (Å²) in [4.78, 5) is 0. The second-order valence-corrected chi connectivity index (χ2v) is 5.32. The minimum Gasteiger partial charge on any atom is -0.399 e. The third-order valence-electron chi connectivity index (χ3n) is 3.83. The Morgan fingerprint density at radius 3 is 2.79 bits per heavy atom. The van der Waals surface area contributed by atoms with E-state index in [4.69, 9.17) is 5.73 Å². The van der Waals surface area contributed by atoms with Gasteiger partial charge in [0.15, 0.2) is 0 Å². The van der Waals surface area contributed by atoms with Crippen molar-refractivity contribution in [3.8, 4) is 0 Å². The molecule has 1 aromatic carbocycles. The molecule has 0 aliphatic carbocycles. The van der Waals surface area contributed by atoms with Gasteiger partial charge in [0.1, 0.15) is 0 Å². The van der Waals surface area contributed by atoms with Crippen molar-refractivity contribution in [3.05, 3.63) is 24.4 Å². The van der Waals surface area contributed by atoms with Crippen LogP contribution in [0.3, 0.4) is 0 Å². The summed E-state index contributed by atoms with van der Waals surface area (Å²) in [5, 5.41) is 5.75. The van der Waals surface area contributed by atoms with Crippen LogP contribution in [0.4, 0.5) is 5.69 Å². The summed E-state index contributed by atoms with van der Waals surface area (Å²) in [6, 6.07) is 6.53. The van der Waals surface area contributed by atoms with E-state index in [2.05, 4.69) is 29.7 Å². The summed E-state index contributed by atoms with van der Waals surface area (Å²) in [5.41, 5.74) is 7.88. The Labute approximate surface area is 115 Å². The first kappa shape index (κ1) is 13.9. The molecule has 1 aromatic heterocycles. The first-order chi connectivity index (χ1) is 9.26. The lowest BCUT2D eigenvalue weighted by Crippen LogP contribution is -2.09. The normalized spacial score (nSPS) is 12.9. The summed E-state index contributed by atoms with van der Waals surface area (Å²) < 4.78 is 2.16. The molecule has 0 aliphatic heterocycles. The van der Waals surface area contributed by atoms with Gasteiger partial charge in [-0.1, -0.05) is 39.5 Å². The lowest BCUT2D eigenvalue weighted by Gasteiger charge is -2.17. The fourth-order valence-electron chi connectivity index (χ4n) is 2.65. The van der Waals surface area contributed by atoms with Crippen LogP contribution in [-0.2, 0) is 0 Å². The van der Waals surface area contributed by atoms with E-state index in [0.717, 1.165) is 12.1 Å². The number of hydrogen-bond acceptors (Lipinski definition) is 2. The van der Waals surface area contributed by atoms with E-state index in [9.17, 15) is 0 Å². The van der Waals surface area contributed by atoms with Crippen molar-refractivity contribution in [2.75, 3.05) is 5.73 Å². The van der Waals surface area contributed by atoms with Crippen LogP contribution in [0.1, 0.15) is 58.4 Å². The zero-order chi connectivity index (χ0) is 13.7. The molecule has 2 rings (SSSR count). The van der Waals surface area contributed by atoms with Gasteiger partial charge >= 0.3 is 0 Å². The van der Waals surface area contributed by atoms with Crippen LogP contribution in [-0.4, -0.2) is 9.78 Å². The average Bonchev–Trinajstić information content (AvgIpc) is 2.82. The number of nitrogens with two attached hydrogens (primary N) is 1. The Morgan fingerprint density at radius 1 is 1.21 bits per heavy atom. The quantitative estimate of drug-likeness (QED) is 0.586. The van der Waals surface area contributed by atoms with E-state index in [-0.39, 0.29) is 0 Å². The highest BCUT2D eigenvalue weighted by atomic mass is 15.3. The molecule has 0 spiro atoms. The first-order valence-electron chi connectivity index (χ1n) is 7.49. The van der Waals surface area contributed by atoms with Crippen molar-refractivity contribution < 1.29 is 0 Å². The average molecular weight is 259 g/mol. The maximum absolute atomic E-state index is 5.89. The van der Waals surface area contributed by atoms with Gasteiger partial charge in [0.05, 0.1) is 17.8 Å². The molecular formula is C16H25N3. The van der Waals surface area contributed by atoms with Crippen LogP contribution >= 0.6 is 0 Å². The lowest BCUT2D eigenvalue weighted by atomic mass is 10.1. The fraction of sp³-hybridized carbons (Fsp3) is 0.562. The van der Waals surface area contributed by atoms with E-state index in [1.165, 1.54) is 43.0 Å². The van der Waals surface area contributed by atoms with E-state index in [1.54, 1.807) is 0 Å². The number of nitrogen functional groups attached to an aromatic ring is 1. The molecule has 1 atom stereocenters. The molecule has 0 radical (unpaired) electrons. The Hall–Kier alpha value is -1.51. The van der Waals surface area contributed by atoms with Crippen LogP contribution in [0.5, 0.6) is 0 Å². The van der Waals surface area contributed by atoms with Crippen molar-refractivity contribution in [1.82, 2.24) is 9.78 Å². The molecule has 104 valence electrons. The summed E-state index contributed by atoms with van der Waals surface area (Å²) in [5.74, 6) is 0. The molecule has 0 amide bonds. The van der Waals surface area contributed by atoms with Crippen molar-refractivity contribution >= 4 is 16.6 Å². The molecule has 0 aliphatic rings. The van der Waals surface area contributed by atoms with Crippen molar-refractivity contribution in [3.63, 3.8) is 0 Å². The van der Waals surface area contributed by atoms with Gasteiger partial charge < -0.3 is 5.73 Å². The predicted molar refractivity (Wildman–Crippen MR) is 82.2 cm³/mol. The number of benzene rings is 1. The van der Waals surface area contributed by atoms with Gasteiger partial charge in [-0.25, -0.2) is 0 Å². The maximum Gasteiger partial charge on any atom is 0.0706 e. The van der Waals surface area contributed by atoms with Gasteiger partial charge in [0.25, 0.3) is 0 Å². The minimum absolute atomic E-state index is 0.496. The summed E-state index contributed by atoms with van der Waals surface area (Å²) in [6.07, 6.45) is 9.52. The van der Waals surface area contributed by atoms with Crippen LogP contribution < -0.4 is 5.73 Å². The van der Waals surface area contributed by atoms with Crippen molar-refractivity contribution in [2.45, 2.75) is 58.4 Å². The first-order valence-corrected chi connectivity index (χ1v) is 7.49. The molecule has 2 N–H and O–H groups in total. The Kier molecular flexibility index (Phi) is 4.83. The van der Waals surface area contributed by atoms with Gasteiger partial charge in [0.2, 0.25) is 0 Å². The number of anilines is 1. The second kappa shape index (κ2) is 6.60. The van der Waals surface area contributed by atoms with E-state index >= 15 is 0 Å². The van der Waals surface area contributed by atoms with Gasteiger partial charge in [-0.15, -0.1) is 0 Å². The topological polar surface area (TPSA) is 43.8 Å². The summed E-state index contributed by atoms with van der Waals surface area (Å²) in [6.45, 7) is 4.49. The number of rotatable bonds is 7. The standard InChI is InChI=1S/C16H25N3/c1-3-5-6-7-8-15(4-2)19-16-11-14(17)10-9-13(16)12-18-19/h9-12,15H,3-8,17H2,1-2H3. The highest BCUT2D eigenvalue weighted by Crippen LogP contribution is 2.25. The number of aromatic nitrogens is 2.